The maximum atomic E-state index is 5.45. The van der Waals surface area contributed by atoms with E-state index in [0.717, 1.165) is 13.0 Å². The van der Waals surface area contributed by atoms with Crippen LogP contribution in [0.15, 0.2) is 0 Å². The van der Waals surface area contributed by atoms with Gasteiger partial charge in [0, 0.05) is 5.25 Å². The lowest BCUT2D eigenvalue weighted by Gasteiger charge is -2.11. The Bertz CT molecular complexity index is 92.9. The lowest BCUT2D eigenvalue weighted by Crippen LogP contribution is -2.12. The van der Waals surface area contributed by atoms with Gasteiger partial charge in [0.1, 0.15) is 0 Å². The third-order valence-corrected chi connectivity index (χ3v) is 2.11. The topological polar surface area (TPSA) is 9.23 Å². The Kier molecular flexibility index (Phi) is 2.42. The zero-order chi connectivity index (χ0) is 6.85. The van der Waals surface area contributed by atoms with Crippen molar-refractivity contribution in [3.8, 4) is 0 Å². The van der Waals surface area contributed by atoms with Crippen molar-refractivity contribution < 1.29 is 4.74 Å². The summed E-state index contributed by atoms with van der Waals surface area (Å²) in [6, 6.07) is 0. The minimum absolute atomic E-state index is 0.465. The van der Waals surface area contributed by atoms with Gasteiger partial charge in [0.15, 0.2) is 0 Å². The molecular weight excluding hydrogens is 132 g/mol. The predicted octanol–water partition coefficient (Wildman–Crippen LogP) is 1.73. The monoisotopic (exact) mass is 146 g/mol. The summed E-state index contributed by atoms with van der Waals surface area (Å²) in [6.07, 6.45) is 1.59. The Balaban J connectivity index is 2.30. The molecule has 0 aliphatic carbocycles. The molecule has 1 saturated heterocycles. The molecule has 2 atom stereocenters. The molecule has 1 nitrogen and oxygen atoms in total. The number of thiol groups is 1. The molecule has 0 spiro atoms. The zero-order valence-corrected chi connectivity index (χ0v) is 6.90. The van der Waals surface area contributed by atoms with Crippen LogP contribution in [-0.4, -0.2) is 18.0 Å². The molecular formula is C7H14OS. The average molecular weight is 146 g/mol. The van der Waals surface area contributed by atoms with Crippen LogP contribution < -0.4 is 0 Å². The van der Waals surface area contributed by atoms with Crippen LogP contribution in [0.4, 0.5) is 0 Å². The van der Waals surface area contributed by atoms with Gasteiger partial charge in [-0.25, -0.2) is 0 Å². The molecule has 0 saturated carbocycles. The van der Waals surface area contributed by atoms with Crippen molar-refractivity contribution >= 4 is 12.6 Å². The third kappa shape index (κ3) is 1.87. The largest absolute Gasteiger partial charge is 0.377 e. The molecule has 1 fully saturated rings. The molecule has 1 aliphatic heterocycles. The summed E-state index contributed by atoms with van der Waals surface area (Å²) >= 11 is 4.32. The standard InChI is InChI=1S/C7H14OS/c1-5(2)7-3-6(9)4-8-7/h5-7,9H,3-4H2,1-2H3. The molecule has 0 amide bonds. The van der Waals surface area contributed by atoms with Crippen LogP contribution in [-0.2, 0) is 4.74 Å². The van der Waals surface area contributed by atoms with Gasteiger partial charge in [0.25, 0.3) is 0 Å². The van der Waals surface area contributed by atoms with Gasteiger partial charge in [-0.15, -0.1) is 0 Å². The second-order valence-electron chi connectivity index (χ2n) is 3.01. The van der Waals surface area contributed by atoms with Crippen LogP contribution in [0.5, 0.6) is 0 Å². The number of rotatable bonds is 1. The average Bonchev–Trinajstić information content (AvgIpc) is 2.14. The number of hydrogen-bond acceptors (Lipinski definition) is 2. The van der Waals surface area contributed by atoms with Gasteiger partial charge >= 0.3 is 0 Å². The fraction of sp³-hybridized carbons (Fsp3) is 1.00. The molecule has 0 aromatic heterocycles. The van der Waals surface area contributed by atoms with E-state index < -0.39 is 0 Å². The molecule has 54 valence electrons. The highest BCUT2D eigenvalue weighted by molar-refractivity contribution is 7.81. The second-order valence-corrected chi connectivity index (χ2v) is 3.74. The lowest BCUT2D eigenvalue weighted by molar-refractivity contribution is 0.0761. The van der Waals surface area contributed by atoms with E-state index in [1.54, 1.807) is 0 Å². The van der Waals surface area contributed by atoms with E-state index in [4.69, 9.17) is 4.74 Å². The molecule has 0 aromatic carbocycles. The Hall–Kier alpha value is 0.310. The third-order valence-electron chi connectivity index (χ3n) is 1.75. The molecule has 0 aromatic rings. The molecule has 2 heteroatoms. The van der Waals surface area contributed by atoms with Gasteiger partial charge in [-0.1, -0.05) is 13.8 Å². The predicted molar refractivity (Wildman–Crippen MR) is 42.0 cm³/mol. The van der Waals surface area contributed by atoms with Crippen LogP contribution in [0.3, 0.4) is 0 Å². The minimum Gasteiger partial charge on any atom is -0.377 e. The van der Waals surface area contributed by atoms with Crippen LogP contribution in [0.1, 0.15) is 20.3 Å². The van der Waals surface area contributed by atoms with Crippen molar-refractivity contribution in [1.82, 2.24) is 0 Å². The summed E-state index contributed by atoms with van der Waals surface area (Å²) < 4.78 is 5.45. The summed E-state index contributed by atoms with van der Waals surface area (Å²) in [5.74, 6) is 0.655. The molecule has 1 heterocycles. The second kappa shape index (κ2) is 2.93. The van der Waals surface area contributed by atoms with E-state index in [1.165, 1.54) is 0 Å². The van der Waals surface area contributed by atoms with Crippen LogP contribution in [0.2, 0.25) is 0 Å². The molecule has 0 radical (unpaired) electrons. The van der Waals surface area contributed by atoms with Crippen molar-refractivity contribution in [1.29, 1.82) is 0 Å². The molecule has 2 unspecified atom stereocenters. The highest BCUT2D eigenvalue weighted by Crippen LogP contribution is 2.22. The highest BCUT2D eigenvalue weighted by Gasteiger charge is 2.24. The van der Waals surface area contributed by atoms with E-state index in [1.807, 2.05) is 0 Å². The van der Waals surface area contributed by atoms with Gasteiger partial charge in [-0.3, -0.25) is 0 Å². The van der Waals surface area contributed by atoms with Crippen molar-refractivity contribution in [2.45, 2.75) is 31.6 Å². The zero-order valence-electron chi connectivity index (χ0n) is 6.00. The first-order chi connectivity index (χ1) is 4.20. The van der Waals surface area contributed by atoms with Gasteiger partial charge in [0.05, 0.1) is 12.7 Å². The smallest absolute Gasteiger partial charge is 0.0609 e. The van der Waals surface area contributed by atoms with Crippen molar-refractivity contribution in [3.63, 3.8) is 0 Å². The summed E-state index contributed by atoms with van der Waals surface area (Å²) in [5.41, 5.74) is 0. The first-order valence-electron chi connectivity index (χ1n) is 3.50. The fourth-order valence-corrected chi connectivity index (χ4v) is 1.40. The Labute approximate surface area is 62.2 Å². The summed E-state index contributed by atoms with van der Waals surface area (Å²) in [6.45, 7) is 5.22. The highest BCUT2D eigenvalue weighted by atomic mass is 32.1. The normalized spacial score (nSPS) is 36.0. The maximum absolute atomic E-state index is 5.45. The quantitative estimate of drug-likeness (QED) is 0.554. The molecule has 0 bridgehead atoms. The minimum atomic E-state index is 0.465. The summed E-state index contributed by atoms with van der Waals surface area (Å²) in [7, 11) is 0. The lowest BCUT2D eigenvalue weighted by atomic mass is 10.1. The number of ether oxygens (including phenoxy) is 1. The fourth-order valence-electron chi connectivity index (χ4n) is 1.10. The van der Waals surface area contributed by atoms with Gasteiger partial charge in [-0.2, -0.15) is 12.6 Å². The first-order valence-corrected chi connectivity index (χ1v) is 4.01. The van der Waals surface area contributed by atoms with Crippen molar-refractivity contribution in [2.24, 2.45) is 5.92 Å². The summed E-state index contributed by atoms with van der Waals surface area (Å²) in [4.78, 5) is 0. The molecule has 1 aliphatic rings. The van der Waals surface area contributed by atoms with E-state index in [2.05, 4.69) is 26.5 Å². The van der Waals surface area contributed by atoms with Gasteiger partial charge in [-0.05, 0) is 12.3 Å². The molecule has 0 N–H and O–H groups in total. The van der Waals surface area contributed by atoms with Crippen LogP contribution in [0, 0.1) is 5.92 Å². The van der Waals surface area contributed by atoms with Crippen molar-refractivity contribution in [2.75, 3.05) is 6.61 Å². The Morgan fingerprint density at radius 3 is 2.44 bits per heavy atom. The number of hydrogen-bond donors (Lipinski definition) is 1. The molecule has 9 heavy (non-hydrogen) atoms. The van der Waals surface area contributed by atoms with E-state index in [9.17, 15) is 0 Å². The first kappa shape index (κ1) is 7.42. The van der Waals surface area contributed by atoms with E-state index in [0.29, 0.717) is 17.3 Å². The van der Waals surface area contributed by atoms with Crippen LogP contribution in [0.25, 0.3) is 0 Å². The Morgan fingerprint density at radius 2 is 2.22 bits per heavy atom. The van der Waals surface area contributed by atoms with E-state index in [-0.39, 0.29) is 0 Å². The van der Waals surface area contributed by atoms with Crippen LogP contribution >= 0.6 is 12.6 Å². The van der Waals surface area contributed by atoms with E-state index >= 15 is 0 Å². The summed E-state index contributed by atoms with van der Waals surface area (Å²) in [5, 5.41) is 0.484. The Morgan fingerprint density at radius 1 is 1.56 bits per heavy atom. The van der Waals surface area contributed by atoms with Gasteiger partial charge < -0.3 is 4.74 Å². The SMILES string of the molecule is CC(C)C1CC(S)CO1. The van der Waals surface area contributed by atoms with Gasteiger partial charge in [0.2, 0.25) is 0 Å². The van der Waals surface area contributed by atoms with Crippen molar-refractivity contribution in [3.05, 3.63) is 0 Å². The maximum Gasteiger partial charge on any atom is 0.0609 e. The molecule has 1 rings (SSSR count).